The summed E-state index contributed by atoms with van der Waals surface area (Å²) in [5.41, 5.74) is -0.675. The fourth-order valence-electron chi connectivity index (χ4n) is 1.87. The van der Waals surface area contributed by atoms with E-state index in [0.717, 1.165) is 6.07 Å². The van der Waals surface area contributed by atoms with Crippen molar-refractivity contribution in [1.82, 2.24) is 0 Å². The van der Waals surface area contributed by atoms with Gasteiger partial charge in [0.25, 0.3) is 0 Å². The molecule has 6 heteroatoms. The summed E-state index contributed by atoms with van der Waals surface area (Å²) >= 11 is 0. The van der Waals surface area contributed by atoms with E-state index >= 15 is 0 Å². The lowest BCUT2D eigenvalue weighted by Gasteiger charge is -2.16. The van der Waals surface area contributed by atoms with E-state index in [-0.39, 0.29) is 18.0 Å². The van der Waals surface area contributed by atoms with E-state index in [1.165, 1.54) is 37.4 Å². The Balaban J connectivity index is 2.26. The van der Waals surface area contributed by atoms with Crippen LogP contribution in [-0.4, -0.2) is 7.11 Å². The van der Waals surface area contributed by atoms with Gasteiger partial charge in [-0.2, -0.15) is 13.2 Å². The van der Waals surface area contributed by atoms with Crippen molar-refractivity contribution in [3.63, 3.8) is 0 Å². The van der Waals surface area contributed by atoms with Gasteiger partial charge in [0.1, 0.15) is 11.6 Å². The molecule has 0 unspecified atom stereocenters. The van der Waals surface area contributed by atoms with Crippen LogP contribution in [0.1, 0.15) is 11.1 Å². The summed E-state index contributed by atoms with van der Waals surface area (Å²) in [6.45, 7) is -0.0396. The van der Waals surface area contributed by atoms with Gasteiger partial charge in [-0.15, -0.1) is 0 Å². The molecule has 2 aromatic rings. The third-order valence-corrected chi connectivity index (χ3v) is 2.96. The molecule has 0 bridgehead atoms. The first kappa shape index (κ1) is 15.2. The van der Waals surface area contributed by atoms with Crippen LogP contribution in [0.5, 0.6) is 5.75 Å². The van der Waals surface area contributed by atoms with Crippen LogP contribution < -0.4 is 10.1 Å². The Morgan fingerprint density at radius 1 is 1.10 bits per heavy atom. The minimum atomic E-state index is -4.52. The summed E-state index contributed by atoms with van der Waals surface area (Å²) < 4.78 is 57.3. The zero-order chi connectivity index (χ0) is 15.5. The van der Waals surface area contributed by atoms with Crippen LogP contribution in [0.4, 0.5) is 23.2 Å². The maximum atomic E-state index is 13.5. The SMILES string of the molecule is COc1ccc(NCc2ccccc2F)c(C(F)(F)F)c1. The highest BCUT2D eigenvalue weighted by molar-refractivity contribution is 5.56. The molecule has 0 heterocycles. The van der Waals surface area contributed by atoms with Gasteiger partial charge in [0.05, 0.1) is 12.7 Å². The van der Waals surface area contributed by atoms with Crippen LogP contribution in [0.2, 0.25) is 0 Å². The van der Waals surface area contributed by atoms with Gasteiger partial charge in [0.2, 0.25) is 0 Å². The van der Waals surface area contributed by atoms with Crippen molar-refractivity contribution >= 4 is 5.69 Å². The number of methoxy groups -OCH3 is 1. The van der Waals surface area contributed by atoms with Crippen LogP contribution in [0.15, 0.2) is 42.5 Å². The molecule has 0 atom stereocenters. The summed E-state index contributed by atoms with van der Waals surface area (Å²) in [5, 5.41) is 2.61. The van der Waals surface area contributed by atoms with Gasteiger partial charge in [-0.05, 0) is 24.3 Å². The fraction of sp³-hybridized carbons (Fsp3) is 0.200. The molecule has 0 radical (unpaired) electrons. The Hall–Kier alpha value is -2.24. The molecule has 0 saturated heterocycles. The van der Waals surface area contributed by atoms with Crippen LogP contribution in [0, 0.1) is 5.82 Å². The predicted octanol–water partition coefficient (Wildman–Crippen LogP) is 4.47. The highest BCUT2D eigenvalue weighted by Crippen LogP contribution is 2.37. The Morgan fingerprint density at radius 2 is 1.81 bits per heavy atom. The lowest BCUT2D eigenvalue weighted by molar-refractivity contribution is -0.137. The number of halogens is 4. The average molecular weight is 299 g/mol. The zero-order valence-corrected chi connectivity index (χ0v) is 11.2. The smallest absolute Gasteiger partial charge is 0.418 e. The fourth-order valence-corrected chi connectivity index (χ4v) is 1.87. The second-order valence-corrected chi connectivity index (χ2v) is 4.35. The molecule has 0 aromatic heterocycles. The molecule has 0 fully saturated rings. The van der Waals surface area contributed by atoms with E-state index in [2.05, 4.69) is 5.32 Å². The van der Waals surface area contributed by atoms with E-state index in [1.807, 2.05) is 0 Å². The minimum absolute atomic E-state index is 0.0396. The summed E-state index contributed by atoms with van der Waals surface area (Å²) in [4.78, 5) is 0. The molecule has 2 nitrogen and oxygen atoms in total. The molecule has 0 aliphatic rings. The largest absolute Gasteiger partial charge is 0.497 e. The minimum Gasteiger partial charge on any atom is -0.497 e. The number of benzene rings is 2. The lowest BCUT2D eigenvalue weighted by atomic mass is 10.1. The van der Waals surface area contributed by atoms with Gasteiger partial charge in [-0.3, -0.25) is 0 Å². The molecule has 2 aromatic carbocycles. The molecule has 2 rings (SSSR count). The maximum Gasteiger partial charge on any atom is 0.418 e. The second kappa shape index (κ2) is 6.03. The van der Waals surface area contributed by atoms with Gasteiger partial charge in [0, 0.05) is 17.8 Å². The molecule has 0 spiro atoms. The predicted molar refractivity (Wildman–Crippen MR) is 71.7 cm³/mol. The Bertz CT molecular complexity index is 625. The summed E-state index contributed by atoms with van der Waals surface area (Å²) in [6, 6.07) is 9.51. The number of rotatable bonds is 4. The number of alkyl halides is 3. The Kier molecular flexibility index (Phi) is 4.35. The van der Waals surface area contributed by atoms with Crippen molar-refractivity contribution < 1.29 is 22.3 Å². The topological polar surface area (TPSA) is 21.3 Å². The summed E-state index contributed by atoms with van der Waals surface area (Å²) in [7, 11) is 1.29. The number of anilines is 1. The Morgan fingerprint density at radius 3 is 2.43 bits per heavy atom. The van der Waals surface area contributed by atoms with Gasteiger partial charge in [-0.25, -0.2) is 4.39 Å². The molecule has 112 valence electrons. The number of ether oxygens (including phenoxy) is 1. The maximum absolute atomic E-state index is 13.5. The summed E-state index contributed by atoms with van der Waals surface area (Å²) in [5.74, 6) is -0.356. The van der Waals surface area contributed by atoms with Crippen LogP contribution in [-0.2, 0) is 12.7 Å². The van der Waals surface area contributed by atoms with Crippen LogP contribution in [0.3, 0.4) is 0 Å². The number of hydrogen-bond donors (Lipinski definition) is 1. The van der Waals surface area contributed by atoms with Crippen LogP contribution in [0.25, 0.3) is 0 Å². The van der Waals surface area contributed by atoms with E-state index in [1.54, 1.807) is 6.07 Å². The average Bonchev–Trinajstić information content (AvgIpc) is 2.45. The van der Waals surface area contributed by atoms with E-state index < -0.39 is 17.6 Å². The monoisotopic (exact) mass is 299 g/mol. The van der Waals surface area contributed by atoms with Crippen LogP contribution >= 0.6 is 0 Å². The van der Waals surface area contributed by atoms with Crippen molar-refractivity contribution in [2.24, 2.45) is 0 Å². The first-order chi connectivity index (χ1) is 9.91. The van der Waals surface area contributed by atoms with Crippen molar-refractivity contribution in [2.75, 3.05) is 12.4 Å². The second-order valence-electron chi connectivity index (χ2n) is 4.35. The van der Waals surface area contributed by atoms with Gasteiger partial charge in [0.15, 0.2) is 0 Å². The molecule has 0 amide bonds. The molecule has 0 aliphatic carbocycles. The van der Waals surface area contributed by atoms with Crippen molar-refractivity contribution in [1.29, 1.82) is 0 Å². The standard InChI is InChI=1S/C15H13F4NO/c1-21-11-6-7-14(12(8-11)15(17,18)19)20-9-10-4-2-3-5-13(10)16/h2-8,20H,9H2,1H3. The lowest BCUT2D eigenvalue weighted by Crippen LogP contribution is -2.11. The summed E-state index contributed by atoms with van der Waals surface area (Å²) in [6.07, 6.45) is -4.52. The normalized spacial score (nSPS) is 11.3. The molecule has 1 N–H and O–H groups in total. The quantitative estimate of drug-likeness (QED) is 0.841. The van der Waals surface area contributed by atoms with Gasteiger partial charge in [-0.1, -0.05) is 18.2 Å². The van der Waals surface area contributed by atoms with E-state index in [9.17, 15) is 17.6 Å². The number of nitrogens with one attached hydrogen (secondary N) is 1. The highest BCUT2D eigenvalue weighted by Gasteiger charge is 2.34. The molecule has 0 aliphatic heterocycles. The number of hydrogen-bond acceptors (Lipinski definition) is 2. The Labute approximate surface area is 119 Å². The third kappa shape index (κ3) is 3.65. The third-order valence-electron chi connectivity index (χ3n) is 2.96. The van der Waals surface area contributed by atoms with Gasteiger partial charge >= 0.3 is 6.18 Å². The van der Waals surface area contributed by atoms with Crippen molar-refractivity contribution in [3.8, 4) is 5.75 Å². The van der Waals surface area contributed by atoms with Gasteiger partial charge < -0.3 is 10.1 Å². The highest BCUT2D eigenvalue weighted by atomic mass is 19.4. The van der Waals surface area contributed by atoms with Crippen molar-refractivity contribution in [3.05, 3.63) is 59.4 Å². The van der Waals surface area contributed by atoms with E-state index in [4.69, 9.17) is 4.74 Å². The molecule has 0 saturated carbocycles. The molecule has 21 heavy (non-hydrogen) atoms. The zero-order valence-electron chi connectivity index (χ0n) is 11.2. The first-order valence-electron chi connectivity index (χ1n) is 6.14. The van der Waals surface area contributed by atoms with Crippen molar-refractivity contribution in [2.45, 2.75) is 12.7 Å². The first-order valence-corrected chi connectivity index (χ1v) is 6.14. The molecular formula is C15H13F4NO. The van der Waals surface area contributed by atoms with E-state index in [0.29, 0.717) is 5.56 Å². The molecular weight excluding hydrogens is 286 g/mol.